The van der Waals surface area contributed by atoms with Gasteiger partial charge in [-0.1, -0.05) is 18.2 Å². The highest BCUT2D eigenvalue weighted by atomic mass is 16.5. The van der Waals surface area contributed by atoms with Crippen LogP contribution in [0, 0.1) is 6.92 Å². The molecule has 0 bridgehead atoms. The lowest BCUT2D eigenvalue weighted by Crippen LogP contribution is -2.21. The maximum atomic E-state index is 13.4. The number of nitrogens with one attached hydrogen (secondary N) is 1. The summed E-state index contributed by atoms with van der Waals surface area (Å²) in [5.41, 5.74) is 8.59. The molecule has 0 fully saturated rings. The van der Waals surface area contributed by atoms with E-state index in [1.165, 1.54) is 28.8 Å². The van der Waals surface area contributed by atoms with Gasteiger partial charge in [0, 0.05) is 23.9 Å². The second-order valence-electron chi connectivity index (χ2n) is 8.51. The molecule has 3 N–H and O–H groups in total. The van der Waals surface area contributed by atoms with Crippen molar-refractivity contribution in [3.8, 4) is 22.6 Å². The number of fused-ring (bicyclic) bond motifs is 1. The van der Waals surface area contributed by atoms with Crippen LogP contribution < -0.4 is 21.5 Å². The van der Waals surface area contributed by atoms with Gasteiger partial charge < -0.3 is 15.8 Å². The Morgan fingerprint density at radius 3 is 2.45 bits per heavy atom. The van der Waals surface area contributed by atoms with E-state index in [-0.39, 0.29) is 16.9 Å². The predicted octanol–water partition coefficient (Wildman–Crippen LogP) is 2.85. The minimum absolute atomic E-state index is 0.120. The Kier molecular flexibility index (Phi) is 6.17. The van der Waals surface area contributed by atoms with Gasteiger partial charge in [0.2, 0.25) is 5.91 Å². The fourth-order valence-corrected chi connectivity index (χ4v) is 4.22. The predicted molar refractivity (Wildman–Crippen MR) is 142 cm³/mol. The standard InChI is InChI=1S/C27H23N7O4/c1-15-30-21-12-11-20(16-7-9-19(10-8-16)34-14-29-33(2)27(34)37)24(38-3)22(21)23(31-15)26(36)32-18-6-4-5-17(13-18)25(28)35/h4-14H,1-3H3,(H2,28,35)(H,32,36). The number of nitrogens with two attached hydrogens (primary N) is 1. The number of methoxy groups -OCH3 is 1. The highest BCUT2D eigenvalue weighted by molar-refractivity contribution is 6.13. The Balaban J connectivity index is 1.59. The van der Waals surface area contributed by atoms with Crippen LogP contribution in [0.5, 0.6) is 5.75 Å². The average molecular weight is 510 g/mol. The van der Waals surface area contributed by atoms with Gasteiger partial charge in [0.05, 0.1) is 23.7 Å². The van der Waals surface area contributed by atoms with Crippen LogP contribution in [0.25, 0.3) is 27.7 Å². The van der Waals surface area contributed by atoms with Crippen LogP contribution in [0.1, 0.15) is 26.7 Å². The summed E-state index contributed by atoms with van der Waals surface area (Å²) in [5, 5.41) is 7.20. The second kappa shape index (κ2) is 9.62. The zero-order valence-corrected chi connectivity index (χ0v) is 20.8. The smallest absolute Gasteiger partial charge is 0.350 e. The number of benzene rings is 3. The maximum absolute atomic E-state index is 13.4. The molecule has 2 aromatic heterocycles. The Hall–Kier alpha value is -5.32. The second-order valence-corrected chi connectivity index (χ2v) is 8.51. The topological polar surface area (TPSA) is 147 Å². The van der Waals surface area contributed by atoms with Gasteiger partial charge in [0.25, 0.3) is 5.91 Å². The number of hydrogen-bond acceptors (Lipinski definition) is 7. The molecule has 11 heteroatoms. The lowest BCUT2D eigenvalue weighted by Gasteiger charge is -2.15. The molecule has 0 aliphatic carbocycles. The molecule has 5 rings (SSSR count). The molecule has 38 heavy (non-hydrogen) atoms. The van der Waals surface area contributed by atoms with Crippen molar-refractivity contribution in [3.05, 3.63) is 94.6 Å². The molecule has 0 radical (unpaired) electrons. The van der Waals surface area contributed by atoms with Gasteiger partial charge >= 0.3 is 5.69 Å². The Labute approximate surface area is 216 Å². The molecule has 0 aliphatic rings. The summed E-state index contributed by atoms with van der Waals surface area (Å²) in [6.45, 7) is 1.70. The monoisotopic (exact) mass is 509 g/mol. The Bertz CT molecular complexity index is 1770. The zero-order valence-electron chi connectivity index (χ0n) is 20.8. The molecule has 0 saturated heterocycles. The first-order chi connectivity index (χ1) is 18.3. The van der Waals surface area contributed by atoms with Crippen LogP contribution in [0.3, 0.4) is 0 Å². The minimum atomic E-state index is -0.602. The van der Waals surface area contributed by atoms with Crippen LogP contribution in [0.4, 0.5) is 5.69 Å². The first-order valence-electron chi connectivity index (χ1n) is 11.5. The third-order valence-corrected chi connectivity index (χ3v) is 6.03. The quantitative estimate of drug-likeness (QED) is 0.358. The molecule has 11 nitrogen and oxygen atoms in total. The molecule has 2 amide bonds. The van der Waals surface area contributed by atoms with Crippen molar-refractivity contribution in [2.45, 2.75) is 6.92 Å². The van der Waals surface area contributed by atoms with Crippen molar-refractivity contribution in [1.29, 1.82) is 0 Å². The van der Waals surface area contributed by atoms with E-state index in [0.717, 1.165) is 5.56 Å². The molecule has 2 heterocycles. The third-order valence-electron chi connectivity index (χ3n) is 6.03. The number of anilines is 1. The van der Waals surface area contributed by atoms with E-state index in [4.69, 9.17) is 10.5 Å². The Morgan fingerprint density at radius 2 is 1.79 bits per heavy atom. The summed E-state index contributed by atoms with van der Waals surface area (Å²) in [5.74, 6) is -0.265. The number of ether oxygens (including phenoxy) is 1. The van der Waals surface area contributed by atoms with E-state index in [9.17, 15) is 14.4 Å². The van der Waals surface area contributed by atoms with Gasteiger partial charge in [-0.25, -0.2) is 24.0 Å². The Morgan fingerprint density at radius 1 is 1.03 bits per heavy atom. The van der Waals surface area contributed by atoms with E-state index in [1.807, 2.05) is 18.2 Å². The largest absolute Gasteiger partial charge is 0.495 e. The fraction of sp³-hybridized carbons (Fsp3) is 0.111. The summed E-state index contributed by atoms with van der Waals surface area (Å²) < 4.78 is 8.48. The van der Waals surface area contributed by atoms with Gasteiger partial charge in [0.1, 0.15) is 23.6 Å². The molecule has 3 aromatic carbocycles. The number of amides is 2. The molecule has 0 aliphatic heterocycles. The third kappa shape index (κ3) is 4.37. The van der Waals surface area contributed by atoms with E-state index in [0.29, 0.717) is 39.4 Å². The normalized spacial score (nSPS) is 10.9. The number of primary amides is 1. The van der Waals surface area contributed by atoms with E-state index >= 15 is 0 Å². The zero-order chi connectivity index (χ0) is 27.0. The first kappa shape index (κ1) is 24.4. The first-order valence-corrected chi connectivity index (χ1v) is 11.5. The van der Waals surface area contributed by atoms with Crippen molar-refractivity contribution in [1.82, 2.24) is 24.3 Å². The number of carbonyl (C=O) groups is 2. The highest BCUT2D eigenvalue weighted by Crippen LogP contribution is 2.38. The van der Waals surface area contributed by atoms with Crippen LogP contribution in [-0.2, 0) is 7.05 Å². The molecular weight excluding hydrogens is 486 g/mol. The summed E-state index contributed by atoms with van der Waals surface area (Å²) in [7, 11) is 3.10. The number of aryl methyl sites for hydroxylation is 2. The molecule has 0 atom stereocenters. The summed E-state index contributed by atoms with van der Waals surface area (Å²) in [4.78, 5) is 46.1. The van der Waals surface area contributed by atoms with Crippen molar-refractivity contribution < 1.29 is 14.3 Å². The number of carbonyl (C=O) groups excluding carboxylic acids is 2. The number of aromatic nitrogens is 5. The van der Waals surface area contributed by atoms with Gasteiger partial charge in [-0.15, -0.1) is 0 Å². The number of hydrogen-bond donors (Lipinski definition) is 2. The van der Waals surface area contributed by atoms with Crippen molar-refractivity contribution >= 4 is 28.4 Å². The molecule has 0 spiro atoms. The van der Waals surface area contributed by atoms with E-state index in [2.05, 4.69) is 20.4 Å². The van der Waals surface area contributed by atoms with Crippen molar-refractivity contribution in [2.75, 3.05) is 12.4 Å². The number of rotatable bonds is 6. The van der Waals surface area contributed by atoms with Gasteiger partial charge in [-0.3, -0.25) is 9.59 Å². The van der Waals surface area contributed by atoms with Crippen molar-refractivity contribution in [3.63, 3.8) is 0 Å². The fourth-order valence-electron chi connectivity index (χ4n) is 4.22. The van der Waals surface area contributed by atoms with E-state index < -0.39 is 11.8 Å². The van der Waals surface area contributed by atoms with Crippen LogP contribution in [0.15, 0.2) is 71.8 Å². The number of nitrogens with zero attached hydrogens (tertiary/aromatic N) is 5. The summed E-state index contributed by atoms with van der Waals surface area (Å²) >= 11 is 0. The van der Waals surface area contributed by atoms with Crippen LogP contribution in [-0.4, -0.2) is 43.2 Å². The lowest BCUT2D eigenvalue weighted by atomic mass is 10.00. The minimum Gasteiger partial charge on any atom is -0.495 e. The SMILES string of the molecule is COc1c(-c2ccc(-n3cnn(C)c3=O)cc2)ccc2nc(C)nc(C(=O)Nc3cccc(C(N)=O)c3)c12. The van der Waals surface area contributed by atoms with Gasteiger partial charge in [-0.05, 0) is 55.0 Å². The van der Waals surface area contributed by atoms with E-state index in [1.54, 1.807) is 50.4 Å². The van der Waals surface area contributed by atoms with Gasteiger partial charge in [-0.2, -0.15) is 5.10 Å². The van der Waals surface area contributed by atoms with Crippen LogP contribution >= 0.6 is 0 Å². The van der Waals surface area contributed by atoms with Gasteiger partial charge in [0.15, 0.2) is 0 Å². The highest BCUT2D eigenvalue weighted by Gasteiger charge is 2.21. The van der Waals surface area contributed by atoms with Crippen LogP contribution in [0.2, 0.25) is 0 Å². The average Bonchev–Trinajstić information content (AvgIpc) is 3.25. The molecular formula is C27H23N7O4. The summed E-state index contributed by atoms with van der Waals surface area (Å²) in [6.07, 6.45) is 1.46. The molecule has 190 valence electrons. The summed E-state index contributed by atoms with van der Waals surface area (Å²) in [6, 6.07) is 17.3. The molecule has 5 aromatic rings. The van der Waals surface area contributed by atoms with Crippen molar-refractivity contribution in [2.24, 2.45) is 12.8 Å². The lowest BCUT2D eigenvalue weighted by molar-refractivity contribution is 0.0995. The molecule has 0 unspecified atom stereocenters. The molecule has 0 saturated carbocycles. The maximum Gasteiger partial charge on any atom is 0.350 e.